The van der Waals surface area contributed by atoms with Crippen LogP contribution in [-0.4, -0.2) is 10.1 Å². The fourth-order valence-electron chi connectivity index (χ4n) is 1.51. The molecular formula is C11H9ClFNO. The number of nitrogens with zero attached hydrogens (tertiary/aromatic N) is 1. The zero-order chi connectivity index (χ0) is 11.0. The number of aryl methyl sites for hydroxylation is 1. The van der Waals surface area contributed by atoms with Crippen molar-refractivity contribution in [3.8, 4) is 0 Å². The SMILES string of the molecule is Cc1cc(Cl)c2cc(CO)cc(F)c2n1. The van der Waals surface area contributed by atoms with E-state index < -0.39 is 5.82 Å². The largest absolute Gasteiger partial charge is 0.392 e. The molecule has 0 atom stereocenters. The van der Waals surface area contributed by atoms with E-state index in [0.717, 1.165) is 0 Å². The Bertz CT molecular complexity index is 527. The van der Waals surface area contributed by atoms with E-state index in [1.54, 1.807) is 19.1 Å². The van der Waals surface area contributed by atoms with E-state index >= 15 is 0 Å². The summed E-state index contributed by atoms with van der Waals surface area (Å²) in [6.07, 6.45) is 0. The third-order valence-corrected chi connectivity index (χ3v) is 2.50. The highest BCUT2D eigenvalue weighted by atomic mass is 35.5. The van der Waals surface area contributed by atoms with Gasteiger partial charge in [-0.05, 0) is 30.7 Å². The predicted octanol–water partition coefficient (Wildman–Crippen LogP) is 2.83. The Kier molecular flexibility index (Phi) is 2.59. The molecule has 1 heterocycles. The van der Waals surface area contributed by atoms with Crippen molar-refractivity contribution in [2.24, 2.45) is 0 Å². The van der Waals surface area contributed by atoms with Gasteiger partial charge in [0.1, 0.15) is 11.3 Å². The molecule has 2 aromatic rings. The molecule has 0 unspecified atom stereocenters. The van der Waals surface area contributed by atoms with Gasteiger partial charge in [-0.2, -0.15) is 0 Å². The normalized spacial score (nSPS) is 10.9. The third kappa shape index (κ3) is 1.80. The zero-order valence-electron chi connectivity index (χ0n) is 8.09. The molecule has 0 radical (unpaired) electrons. The van der Waals surface area contributed by atoms with Gasteiger partial charge in [-0.3, -0.25) is 0 Å². The summed E-state index contributed by atoms with van der Waals surface area (Å²) in [6.45, 7) is 1.54. The van der Waals surface area contributed by atoms with E-state index in [0.29, 0.717) is 21.7 Å². The number of hydrogen-bond donors (Lipinski definition) is 1. The van der Waals surface area contributed by atoms with Gasteiger partial charge in [-0.15, -0.1) is 0 Å². The fourth-order valence-corrected chi connectivity index (χ4v) is 1.81. The summed E-state index contributed by atoms with van der Waals surface area (Å²) in [6, 6.07) is 4.59. The smallest absolute Gasteiger partial charge is 0.149 e. The molecule has 0 saturated heterocycles. The first kappa shape index (κ1) is 10.3. The lowest BCUT2D eigenvalue weighted by Crippen LogP contribution is -1.92. The molecule has 0 saturated carbocycles. The van der Waals surface area contributed by atoms with Crippen LogP contribution in [-0.2, 0) is 6.61 Å². The average molecular weight is 226 g/mol. The van der Waals surface area contributed by atoms with Crippen LogP contribution in [0.25, 0.3) is 10.9 Å². The third-order valence-electron chi connectivity index (χ3n) is 2.19. The van der Waals surface area contributed by atoms with Gasteiger partial charge < -0.3 is 5.11 Å². The van der Waals surface area contributed by atoms with Crippen LogP contribution in [0.2, 0.25) is 5.02 Å². The number of aliphatic hydroxyl groups is 1. The van der Waals surface area contributed by atoms with Gasteiger partial charge in [-0.1, -0.05) is 11.6 Å². The number of rotatable bonds is 1. The molecule has 1 aromatic heterocycles. The highest BCUT2D eigenvalue weighted by Crippen LogP contribution is 2.26. The van der Waals surface area contributed by atoms with Gasteiger partial charge in [0, 0.05) is 11.1 Å². The maximum Gasteiger partial charge on any atom is 0.149 e. The maximum absolute atomic E-state index is 13.6. The van der Waals surface area contributed by atoms with Crippen LogP contribution in [0.4, 0.5) is 4.39 Å². The minimum absolute atomic E-state index is 0.211. The highest BCUT2D eigenvalue weighted by molar-refractivity contribution is 6.35. The summed E-state index contributed by atoms with van der Waals surface area (Å²) in [5.74, 6) is -0.456. The van der Waals surface area contributed by atoms with Crippen LogP contribution in [0.15, 0.2) is 18.2 Å². The van der Waals surface area contributed by atoms with Crippen molar-refractivity contribution in [3.63, 3.8) is 0 Å². The Morgan fingerprint density at radius 2 is 2.13 bits per heavy atom. The molecule has 1 N–H and O–H groups in total. The number of halogens is 2. The Labute approximate surface area is 91.3 Å². The van der Waals surface area contributed by atoms with Gasteiger partial charge in [-0.25, -0.2) is 9.37 Å². The van der Waals surface area contributed by atoms with Gasteiger partial charge >= 0.3 is 0 Å². The van der Waals surface area contributed by atoms with Gasteiger partial charge in [0.15, 0.2) is 0 Å². The van der Waals surface area contributed by atoms with Crippen molar-refractivity contribution < 1.29 is 9.50 Å². The number of aromatic nitrogens is 1. The summed E-state index contributed by atoms with van der Waals surface area (Å²) < 4.78 is 13.6. The second kappa shape index (κ2) is 3.76. The lowest BCUT2D eigenvalue weighted by atomic mass is 10.1. The number of benzene rings is 1. The van der Waals surface area contributed by atoms with Crippen LogP contribution in [0.5, 0.6) is 0 Å². The summed E-state index contributed by atoms with van der Waals surface area (Å²) >= 11 is 5.97. The maximum atomic E-state index is 13.6. The topological polar surface area (TPSA) is 33.1 Å². The summed E-state index contributed by atoms with van der Waals surface area (Å²) in [7, 11) is 0. The van der Waals surface area contributed by atoms with E-state index in [1.165, 1.54) is 6.07 Å². The van der Waals surface area contributed by atoms with Crippen LogP contribution in [0.1, 0.15) is 11.3 Å². The van der Waals surface area contributed by atoms with E-state index in [1.807, 2.05) is 0 Å². The monoisotopic (exact) mass is 225 g/mol. The van der Waals surface area contributed by atoms with E-state index in [-0.39, 0.29) is 12.1 Å². The van der Waals surface area contributed by atoms with Gasteiger partial charge in [0.2, 0.25) is 0 Å². The first-order chi connectivity index (χ1) is 7.11. The Hall–Kier alpha value is -1.19. The van der Waals surface area contributed by atoms with Crippen molar-refractivity contribution in [1.82, 2.24) is 4.98 Å². The van der Waals surface area contributed by atoms with Crippen LogP contribution < -0.4 is 0 Å². The molecule has 4 heteroatoms. The Morgan fingerprint density at radius 1 is 1.40 bits per heavy atom. The number of hydrogen-bond acceptors (Lipinski definition) is 2. The summed E-state index contributed by atoms with van der Waals surface area (Å²) in [5.41, 5.74) is 1.41. The minimum Gasteiger partial charge on any atom is -0.392 e. The van der Waals surface area contributed by atoms with Crippen molar-refractivity contribution >= 4 is 22.5 Å². The van der Waals surface area contributed by atoms with Crippen molar-refractivity contribution in [2.45, 2.75) is 13.5 Å². The van der Waals surface area contributed by atoms with E-state index in [4.69, 9.17) is 16.7 Å². The molecule has 2 nitrogen and oxygen atoms in total. The molecule has 15 heavy (non-hydrogen) atoms. The predicted molar refractivity (Wildman–Crippen MR) is 57.4 cm³/mol. The quantitative estimate of drug-likeness (QED) is 0.810. The molecule has 0 aliphatic rings. The lowest BCUT2D eigenvalue weighted by Gasteiger charge is -2.05. The first-order valence-electron chi connectivity index (χ1n) is 4.48. The molecular weight excluding hydrogens is 217 g/mol. The molecule has 2 rings (SSSR count). The standard InChI is InChI=1S/C11H9ClFNO/c1-6-2-9(12)8-3-7(5-15)4-10(13)11(8)14-6/h2-4,15H,5H2,1H3. The second-order valence-electron chi connectivity index (χ2n) is 3.38. The van der Waals surface area contributed by atoms with Gasteiger partial charge in [0.05, 0.1) is 11.6 Å². The second-order valence-corrected chi connectivity index (χ2v) is 3.78. The van der Waals surface area contributed by atoms with Crippen LogP contribution in [0.3, 0.4) is 0 Å². The zero-order valence-corrected chi connectivity index (χ0v) is 8.85. The highest BCUT2D eigenvalue weighted by Gasteiger charge is 2.08. The Morgan fingerprint density at radius 3 is 2.80 bits per heavy atom. The molecule has 0 amide bonds. The van der Waals surface area contributed by atoms with E-state index in [2.05, 4.69) is 4.98 Å². The number of pyridine rings is 1. The molecule has 0 bridgehead atoms. The average Bonchev–Trinajstić information content (AvgIpc) is 2.19. The Balaban J connectivity index is 2.85. The molecule has 1 aromatic carbocycles. The summed E-state index contributed by atoms with van der Waals surface area (Å²) in [5, 5.41) is 9.92. The molecule has 0 spiro atoms. The molecule has 0 fully saturated rings. The molecule has 78 valence electrons. The number of aliphatic hydroxyl groups excluding tert-OH is 1. The fraction of sp³-hybridized carbons (Fsp3) is 0.182. The van der Waals surface area contributed by atoms with E-state index in [9.17, 15) is 4.39 Å². The summed E-state index contributed by atoms with van der Waals surface area (Å²) in [4.78, 5) is 4.07. The first-order valence-corrected chi connectivity index (χ1v) is 4.85. The molecule has 0 aliphatic heterocycles. The molecule has 0 aliphatic carbocycles. The minimum atomic E-state index is -0.456. The number of fused-ring (bicyclic) bond motifs is 1. The van der Waals surface area contributed by atoms with Crippen LogP contribution in [0, 0.1) is 12.7 Å². The van der Waals surface area contributed by atoms with Crippen LogP contribution >= 0.6 is 11.6 Å². The van der Waals surface area contributed by atoms with Crippen molar-refractivity contribution in [2.75, 3.05) is 0 Å². The lowest BCUT2D eigenvalue weighted by molar-refractivity contribution is 0.281. The van der Waals surface area contributed by atoms with Gasteiger partial charge in [0.25, 0.3) is 0 Å². The van der Waals surface area contributed by atoms with Crippen molar-refractivity contribution in [3.05, 3.63) is 40.3 Å². The van der Waals surface area contributed by atoms with Crippen molar-refractivity contribution in [1.29, 1.82) is 0 Å².